The van der Waals surface area contributed by atoms with E-state index in [1.54, 1.807) is 13.2 Å². The van der Waals surface area contributed by atoms with Crippen LogP contribution in [0.15, 0.2) is 34.9 Å². The summed E-state index contributed by atoms with van der Waals surface area (Å²) in [5.74, 6) is 1.09. The van der Waals surface area contributed by atoms with Gasteiger partial charge in [0.05, 0.1) is 7.11 Å². The zero-order valence-corrected chi connectivity index (χ0v) is 7.73. The zero-order valence-electron chi connectivity index (χ0n) is 7.73. The zero-order chi connectivity index (χ0) is 9.97. The molecule has 2 N–H and O–H groups in total. The fraction of sp³-hybridized carbons (Fsp3) is 0.100. The maximum absolute atomic E-state index is 5.43. The third-order valence-corrected chi connectivity index (χ3v) is 1.89. The van der Waals surface area contributed by atoms with Crippen molar-refractivity contribution in [3.8, 4) is 17.0 Å². The number of rotatable bonds is 2. The Hall–Kier alpha value is -1.97. The molecule has 1 heterocycles. The summed E-state index contributed by atoms with van der Waals surface area (Å²) in [5.41, 5.74) is 7.06. The van der Waals surface area contributed by atoms with E-state index < -0.39 is 0 Å². The highest BCUT2D eigenvalue weighted by molar-refractivity contribution is 5.62. The maximum atomic E-state index is 5.43. The maximum Gasteiger partial charge on any atom is 0.222 e. The molecule has 1 aromatic heterocycles. The van der Waals surface area contributed by atoms with Gasteiger partial charge in [-0.25, -0.2) is 0 Å². The number of nitrogens with two attached hydrogens (primary N) is 1. The first kappa shape index (κ1) is 8.62. The standard InChI is InChI=1S/C10H10N2O2/c1-13-8-4-2-3-7(5-8)9-6-10(11)14-12-9/h2-6H,11H2,1H3. The fourth-order valence-corrected chi connectivity index (χ4v) is 1.21. The van der Waals surface area contributed by atoms with Crippen LogP contribution in [0.1, 0.15) is 0 Å². The second-order valence-electron chi connectivity index (χ2n) is 2.85. The molecule has 0 spiro atoms. The number of aromatic nitrogens is 1. The minimum atomic E-state index is 0.308. The molecule has 0 unspecified atom stereocenters. The molecule has 4 nitrogen and oxygen atoms in total. The van der Waals surface area contributed by atoms with Crippen molar-refractivity contribution in [1.29, 1.82) is 0 Å². The molecule has 0 aliphatic carbocycles. The average molecular weight is 190 g/mol. The van der Waals surface area contributed by atoms with Crippen LogP contribution in [0.2, 0.25) is 0 Å². The van der Waals surface area contributed by atoms with Crippen molar-refractivity contribution in [2.75, 3.05) is 12.8 Å². The van der Waals surface area contributed by atoms with Crippen molar-refractivity contribution in [2.24, 2.45) is 0 Å². The van der Waals surface area contributed by atoms with Gasteiger partial charge in [0.2, 0.25) is 5.88 Å². The first-order chi connectivity index (χ1) is 6.79. The van der Waals surface area contributed by atoms with Gasteiger partial charge in [-0.3, -0.25) is 0 Å². The lowest BCUT2D eigenvalue weighted by Crippen LogP contribution is -1.83. The van der Waals surface area contributed by atoms with Crippen molar-refractivity contribution >= 4 is 5.88 Å². The van der Waals surface area contributed by atoms with Gasteiger partial charge in [0.1, 0.15) is 11.4 Å². The third kappa shape index (κ3) is 1.54. The topological polar surface area (TPSA) is 61.3 Å². The van der Waals surface area contributed by atoms with Gasteiger partial charge in [-0.05, 0) is 12.1 Å². The lowest BCUT2D eigenvalue weighted by Gasteiger charge is -2.00. The Kier molecular flexibility index (Phi) is 2.10. The summed E-state index contributed by atoms with van der Waals surface area (Å²) >= 11 is 0. The molecule has 14 heavy (non-hydrogen) atoms. The normalized spacial score (nSPS) is 10.1. The van der Waals surface area contributed by atoms with E-state index in [0.717, 1.165) is 11.3 Å². The summed E-state index contributed by atoms with van der Waals surface area (Å²) in [6.07, 6.45) is 0. The molecule has 72 valence electrons. The highest BCUT2D eigenvalue weighted by atomic mass is 16.5. The Morgan fingerprint density at radius 1 is 1.36 bits per heavy atom. The molecule has 0 aliphatic rings. The third-order valence-electron chi connectivity index (χ3n) is 1.89. The molecule has 0 amide bonds. The minimum absolute atomic E-state index is 0.308. The van der Waals surface area contributed by atoms with Gasteiger partial charge in [-0.15, -0.1) is 0 Å². The highest BCUT2D eigenvalue weighted by Gasteiger charge is 2.04. The van der Waals surface area contributed by atoms with Crippen LogP contribution < -0.4 is 10.5 Å². The lowest BCUT2D eigenvalue weighted by molar-refractivity contribution is 0.415. The number of hydrogen-bond donors (Lipinski definition) is 1. The smallest absolute Gasteiger partial charge is 0.222 e. The van der Waals surface area contributed by atoms with Crippen molar-refractivity contribution < 1.29 is 9.26 Å². The molecule has 0 atom stereocenters. The van der Waals surface area contributed by atoms with E-state index in [2.05, 4.69) is 5.16 Å². The minimum Gasteiger partial charge on any atom is -0.497 e. The molecular formula is C10H10N2O2. The molecular weight excluding hydrogens is 180 g/mol. The average Bonchev–Trinajstić information content (AvgIpc) is 2.65. The van der Waals surface area contributed by atoms with Crippen LogP contribution in [-0.4, -0.2) is 12.3 Å². The van der Waals surface area contributed by atoms with E-state index in [1.807, 2.05) is 24.3 Å². The van der Waals surface area contributed by atoms with Gasteiger partial charge in [-0.1, -0.05) is 17.3 Å². The second kappa shape index (κ2) is 3.41. The monoisotopic (exact) mass is 190 g/mol. The Morgan fingerprint density at radius 3 is 2.86 bits per heavy atom. The summed E-state index contributed by atoms with van der Waals surface area (Å²) in [5, 5.41) is 3.81. The number of ether oxygens (including phenoxy) is 1. The molecule has 1 aromatic carbocycles. The molecule has 0 saturated carbocycles. The molecule has 0 fully saturated rings. The number of hydrogen-bond acceptors (Lipinski definition) is 4. The van der Waals surface area contributed by atoms with Crippen LogP contribution in [0.3, 0.4) is 0 Å². The Morgan fingerprint density at radius 2 is 2.21 bits per heavy atom. The van der Waals surface area contributed by atoms with Crippen LogP contribution in [0.5, 0.6) is 5.75 Å². The van der Waals surface area contributed by atoms with Gasteiger partial charge in [0.15, 0.2) is 0 Å². The van der Waals surface area contributed by atoms with E-state index in [1.165, 1.54) is 0 Å². The van der Waals surface area contributed by atoms with E-state index in [9.17, 15) is 0 Å². The Bertz CT molecular complexity index is 437. The molecule has 0 aliphatic heterocycles. The number of benzene rings is 1. The summed E-state index contributed by atoms with van der Waals surface area (Å²) in [7, 11) is 1.62. The molecule has 2 rings (SSSR count). The summed E-state index contributed by atoms with van der Waals surface area (Å²) in [6.45, 7) is 0. The second-order valence-corrected chi connectivity index (χ2v) is 2.85. The molecule has 0 saturated heterocycles. The van der Waals surface area contributed by atoms with Crippen LogP contribution in [-0.2, 0) is 0 Å². The van der Waals surface area contributed by atoms with Crippen molar-refractivity contribution in [2.45, 2.75) is 0 Å². The van der Waals surface area contributed by atoms with Crippen LogP contribution in [0, 0.1) is 0 Å². The Balaban J connectivity index is 2.41. The number of nitrogens with zero attached hydrogens (tertiary/aromatic N) is 1. The number of anilines is 1. The first-order valence-electron chi connectivity index (χ1n) is 4.16. The van der Waals surface area contributed by atoms with Crippen LogP contribution in [0.25, 0.3) is 11.3 Å². The van der Waals surface area contributed by atoms with E-state index in [0.29, 0.717) is 11.6 Å². The predicted molar refractivity (Wildman–Crippen MR) is 52.9 cm³/mol. The van der Waals surface area contributed by atoms with Gasteiger partial charge in [-0.2, -0.15) is 0 Å². The van der Waals surface area contributed by atoms with Gasteiger partial charge < -0.3 is 15.0 Å². The van der Waals surface area contributed by atoms with Gasteiger partial charge in [0, 0.05) is 11.6 Å². The predicted octanol–water partition coefficient (Wildman–Crippen LogP) is 1.93. The van der Waals surface area contributed by atoms with E-state index in [-0.39, 0.29) is 0 Å². The summed E-state index contributed by atoms with van der Waals surface area (Å²) in [4.78, 5) is 0. The Labute approximate surface area is 81.3 Å². The summed E-state index contributed by atoms with van der Waals surface area (Å²) in [6, 6.07) is 9.22. The van der Waals surface area contributed by atoms with Crippen LogP contribution >= 0.6 is 0 Å². The van der Waals surface area contributed by atoms with Crippen molar-refractivity contribution in [3.63, 3.8) is 0 Å². The number of nitrogen functional groups attached to an aromatic ring is 1. The van der Waals surface area contributed by atoms with Gasteiger partial charge in [0.25, 0.3) is 0 Å². The molecule has 0 radical (unpaired) electrons. The quantitative estimate of drug-likeness (QED) is 0.786. The highest BCUT2D eigenvalue weighted by Crippen LogP contribution is 2.23. The molecule has 0 bridgehead atoms. The van der Waals surface area contributed by atoms with Gasteiger partial charge >= 0.3 is 0 Å². The molecule has 2 aromatic rings. The largest absolute Gasteiger partial charge is 0.497 e. The lowest BCUT2D eigenvalue weighted by atomic mass is 10.1. The van der Waals surface area contributed by atoms with E-state index in [4.69, 9.17) is 15.0 Å². The summed E-state index contributed by atoms with van der Waals surface area (Å²) < 4.78 is 9.87. The SMILES string of the molecule is COc1cccc(-c2cc(N)on2)c1. The number of methoxy groups -OCH3 is 1. The van der Waals surface area contributed by atoms with Crippen LogP contribution in [0.4, 0.5) is 5.88 Å². The van der Waals surface area contributed by atoms with Crippen molar-refractivity contribution in [1.82, 2.24) is 5.16 Å². The van der Waals surface area contributed by atoms with E-state index >= 15 is 0 Å². The molecule has 4 heteroatoms. The fourth-order valence-electron chi connectivity index (χ4n) is 1.21. The van der Waals surface area contributed by atoms with Crippen molar-refractivity contribution in [3.05, 3.63) is 30.3 Å². The first-order valence-corrected chi connectivity index (χ1v) is 4.16.